The Balaban J connectivity index is 2.52. The molecule has 0 atom stereocenters. The van der Waals surface area contributed by atoms with E-state index in [4.69, 9.17) is 0 Å². The van der Waals surface area contributed by atoms with E-state index < -0.39 is 0 Å². The van der Waals surface area contributed by atoms with Gasteiger partial charge in [-0.1, -0.05) is 6.07 Å². The summed E-state index contributed by atoms with van der Waals surface area (Å²) in [4.78, 5) is 15.1. The molecule has 1 aliphatic heterocycles. The maximum atomic E-state index is 11.1. The van der Waals surface area contributed by atoms with E-state index in [9.17, 15) is 4.79 Å². The van der Waals surface area contributed by atoms with Crippen LogP contribution in [0.1, 0.15) is 16.1 Å². The highest BCUT2D eigenvalue weighted by molar-refractivity contribution is 5.94. The van der Waals surface area contributed by atoms with Crippen LogP contribution in [0.15, 0.2) is 18.3 Å². The third-order valence-electron chi connectivity index (χ3n) is 1.79. The highest BCUT2D eigenvalue weighted by atomic mass is 16.1. The van der Waals surface area contributed by atoms with E-state index in [2.05, 4.69) is 10.3 Å². The maximum Gasteiger partial charge on any atom is 0.270 e. The SMILES string of the molecule is O=C1NCCc2cccnc21. The van der Waals surface area contributed by atoms with E-state index in [0.29, 0.717) is 5.69 Å². The molecule has 2 rings (SSSR count). The summed E-state index contributed by atoms with van der Waals surface area (Å²) in [5.41, 5.74) is 1.63. The second-order valence-electron chi connectivity index (χ2n) is 2.52. The number of fused-ring (bicyclic) bond motifs is 1. The minimum atomic E-state index is -0.0492. The minimum absolute atomic E-state index is 0.0492. The summed E-state index contributed by atoms with van der Waals surface area (Å²) in [5, 5.41) is 2.74. The molecule has 2 heterocycles. The van der Waals surface area contributed by atoms with E-state index in [1.54, 1.807) is 6.20 Å². The van der Waals surface area contributed by atoms with Crippen LogP contribution in [0.2, 0.25) is 0 Å². The average Bonchev–Trinajstić information content (AvgIpc) is 2.06. The molecule has 1 aromatic heterocycles. The lowest BCUT2D eigenvalue weighted by atomic mass is 10.1. The summed E-state index contributed by atoms with van der Waals surface area (Å²) in [6.07, 6.45) is 2.54. The summed E-state index contributed by atoms with van der Waals surface area (Å²) < 4.78 is 0. The van der Waals surface area contributed by atoms with Gasteiger partial charge in [0.1, 0.15) is 5.69 Å². The number of aromatic nitrogens is 1. The maximum absolute atomic E-state index is 11.1. The molecule has 3 nitrogen and oxygen atoms in total. The lowest BCUT2D eigenvalue weighted by Crippen LogP contribution is -2.32. The Morgan fingerprint density at radius 2 is 2.45 bits per heavy atom. The van der Waals surface area contributed by atoms with Gasteiger partial charge in [0.2, 0.25) is 0 Å². The lowest BCUT2D eigenvalue weighted by molar-refractivity contribution is 0.0940. The Morgan fingerprint density at radius 3 is 3.27 bits per heavy atom. The van der Waals surface area contributed by atoms with Crippen LogP contribution in [0, 0.1) is 0 Å². The summed E-state index contributed by atoms with van der Waals surface area (Å²) in [6.45, 7) is 0.734. The third kappa shape index (κ3) is 0.981. The first-order valence-electron chi connectivity index (χ1n) is 3.60. The van der Waals surface area contributed by atoms with Gasteiger partial charge in [0.15, 0.2) is 0 Å². The molecular formula is C8H8N2O. The molecule has 3 heteroatoms. The van der Waals surface area contributed by atoms with Crippen molar-refractivity contribution in [1.29, 1.82) is 0 Å². The van der Waals surface area contributed by atoms with Gasteiger partial charge >= 0.3 is 0 Å². The van der Waals surface area contributed by atoms with Crippen molar-refractivity contribution in [2.24, 2.45) is 0 Å². The number of hydrogen-bond donors (Lipinski definition) is 1. The molecular weight excluding hydrogens is 140 g/mol. The predicted molar refractivity (Wildman–Crippen MR) is 40.3 cm³/mol. The molecule has 1 aliphatic rings. The zero-order valence-electron chi connectivity index (χ0n) is 6.00. The number of nitrogens with zero attached hydrogens (tertiary/aromatic N) is 1. The fourth-order valence-electron chi connectivity index (χ4n) is 1.24. The standard InChI is InChI=1S/C8H8N2O/c11-8-7-6(3-5-10-8)2-1-4-9-7/h1-2,4H,3,5H2,(H,10,11). The number of pyridine rings is 1. The van der Waals surface area contributed by atoms with Crippen LogP contribution in [0.25, 0.3) is 0 Å². The molecule has 11 heavy (non-hydrogen) atoms. The molecule has 0 fully saturated rings. The first-order chi connectivity index (χ1) is 5.38. The first-order valence-corrected chi connectivity index (χ1v) is 3.60. The van der Waals surface area contributed by atoms with Gasteiger partial charge in [-0.25, -0.2) is 0 Å². The minimum Gasteiger partial charge on any atom is -0.350 e. The molecule has 0 saturated heterocycles. The van der Waals surface area contributed by atoms with Crippen molar-refractivity contribution in [2.75, 3.05) is 6.54 Å². The fourth-order valence-corrected chi connectivity index (χ4v) is 1.24. The van der Waals surface area contributed by atoms with Crippen molar-refractivity contribution < 1.29 is 4.79 Å². The monoisotopic (exact) mass is 148 g/mol. The van der Waals surface area contributed by atoms with E-state index in [1.165, 1.54) is 0 Å². The van der Waals surface area contributed by atoms with Crippen molar-refractivity contribution in [3.8, 4) is 0 Å². The molecule has 0 aromatic carbocycles. The third-order valence-corrected chi connectivity index (χ3v) is 1.79. The lowest BCUT2D eigenvalue weighted by Gasteiger charge is -2.13. The quantitative estimate of drug-likeness (QED) is 0.577. The van der Waals surface area contributed by atoms with Gasteiger partial charge in [0, 0.05) is 12.7 Å². The van der Waals surface area contributed by atoms with E-state index in [0.717, 1.165) is 18.5 Å². The number of nitrogens with one attached hydrogen (secondary N) is 1. The largest absolute Gasteiger partial charge is 0.350 e. The number of rotatable bonds is 0. The van der Waals surface area contributed by atoms with Crippen molar-refractivity contribution in [3.05, 3.63) is 29.6 Å². The van der Waals surface area contributed by atoms with Crippen LogP contribution in [-0.2, 0) is 6.42 Å². The Hall–Kier alpha value is -1.38. The molecule has 0 bridgehead atoms. The Labute approximate surface area is 64.5 Å². The van der Waals surface area contributed by atoms with Crippen LogP contribution in [0.3, 0.4) is 0 Å². The summed E-state index contributed by atoms with van der Waals surface area (Å²) >= 11 is 0. The molecule has 0 spiro atoms. The van der Waals surface area contributed by atoms with Crippen molar-refractivity contribution in [1.82, 2.24) is 10.3 Å². The van der Waals surface area contributed by atoms with Gasteiger partial charge in [-0.3, -0.25) is 9.78 Å². The van der Waals surface area contributed by atoms with Crippen LogP contribution in [0.5, 0.6) is 0 Å². The summed E-state index contributed by atoms with van der Waals surface area (Å²) in [7, 11) is 0. The van der Waals surface area contributed by atoms with Gasteiger partial charge in [-0.05, 0) is 18.1 Å². The van der Waals surface area contributed by atoms with E-state index in [-0.39, 0.29) is 5.91 Å². The fraction of sp³-hybridized carbons (Fsp3) is 0.250. The molecule has 0 radical (unpaired) electrons. The molecule has 1 N–H and O–H groups in total. The Morgan fingerprint density at radius 1 is 1.55 bits per heavy atom. The highest BCUT2D eigenvalue weighted by Crippen LogP contribution is 2.08. The molecule has 56 valence electrons. The molecule has 0 aliphatic carbocycles. The van der Waals surface area contributed by atoms with Gasteiger partial charge in [0.25, 0.3) is 5.91 Å². The topological polar surface area (TPSA) is 42.0 Å². The number of carbonyl (C=O) groups excluding carboxylic acids is 1. The van der Waals surface area contributed by atoms with Crippen LogP contribution >= 0.6 is 0 Å². The number of hydrogen-bond acceptors (Lipinski definition) is 2. The molecule has 1 aromatic rings. The predicted octanol–water partition coefficient (Wildman–Crippen LogP) is 0.367. The van der Waals surface area contributed by atoms with Crippen LogP contribution in [0.4, 0.5) is 0 Å². The number of amides is 1. The smallest absolute Gasteiger partial charge is 0.270 e. The second kappa shape index (κ2) is 2.34. The van der Waals surface area contributed by atoms with Crippen molar-refractivity contribution in [3.63, 3.8) is 0 Å². The Kier molecular flexibility index (Phi) is 1.35. The van der Waals surface area contributed by atoms with Crippen LogP contribution in [-0.4, -0.2) is 17.4 Å². The Bertz CT molecular complexity index is 296. The first kappa shape index (κ1) is 6.34. The molecule has 0 saturated carbocycles. The zero-order valence-corrected chi connectivity index (χ0v) is 6.00. The molecule has 1 amide bonds. The van der Waals surface area contributed by atoms with E-state index >= 15 is 0 Å². The average molecular weight is 148 g/mol. The second-order valence-corrected chi connectivity index (χ2v) is 2.52. The van der Waals surface area contributed by atoms with Gasteiger partial charge < -0.3 is 5.32 Å². The van der Waals surface area contributed by atoms with Gasteiger partial charge in [0.05, 0.1) is 0 Å². The number of carbonyl (C=O) groups is 1. The van der Waals surface area contributed by atoms with Crippen LogP contribution < -0.4 is 5.32 Å². The molecule has 0 unspecified atom stereocenters. The van der Waals surface area contributed by atoms with Gasteiger partial charge in [-0.2, -0.15) is 0 Å². The zero-order chi connectivity index (χ0) is 7.68. The highest BCUT2D eigenvalue weighted by Gasteiger charge is 2.16. The van der Waals surface area contributed by atoms with E-state index in [1.807, 2.05) is 12.1 Å². The van der Waals surface area contributed by atoms with Gasteiger partial charge in [-0.15, -0.1) is 0 Å². The summed E-state index contributed by atoms with van der Waals surface area (Å²) in [6, 6.07) is 3.80. The summed E-state index contributed by atoms with van der Waals surface area (Å²) in [5.74, 6) is -0.0492. The van der Waals surface area contributed by atoms with Crippen molar-refractivity contribution >= 4 is 5.91 Å². The normalized spacial score (nSPS) is 15.5. The van der Waals surface area contributed by atoms with Crippen molar-refractivity contribution in [2.45, 2.75) is 6.42 Å².